The Morgan fingerprint density at radius 1 is 1.06 bits per heavy atom. The van der Waals surface area contributed by atoms with Crippen molar-refractivity contribution in [1.29, 1.82) is 0 Å². The van der Waals surface area contributed by atoms with Crippen LogP contribution in [-0.4, -0.2) is 68.3 Å². The van der Waals surface area contributed by atoms with Crippen LogP contribution in [0.2, 0.25) is 5.15 Å². The fourth-order valence-electron chi connectivity index (χ4n) is 3.20. The number of imidazole rings is 1. The molecule has 0 bridgehead atoms. The van der Waals surface area contributed by atoms with Crippen molar-refractivity contribution in [1.82, 2.24) is 19.5 Å². The van der Waals surface area contributed by atoms with E-state index in [2.05, 4.69) is 20.3 Å². The molecule has 1 N–H and O–H groups in total. The number of fused-ring (bicyclic) bond motifs is 1. The second-order valence-electron chi connectivity index (χ2n) is 6.86. The van der Waals surface area contributed by atoms with Crippen LogP contribution in [0.1, 0.15) is 33.9 Å². The number of hydrogen-bond acceptors (Lipinski definition) is 11. The summed E-state index contributed by atoms with van der Waals surface area (Å²) >= 11 is 6.17. The van der Waals surface area contributed by atoms with Crippen molar-refractivity contribution in [2.45, 2.75) is 52.2 Å². The van der Waals surface area contributed by atoms with E-state index in [1.54, 1.807) is 0 Å². The maximum atomic E-state index is 11.8. The van der Waals surface area contributed by atoms with Crippen LogP contribution in [0.15, 0.2) is 6.33 Å². The van der Waals surface area contributed by atoms with Crippen molar-refractivity contribution in [3.63, 3.8) is 0 Å². The molecule has 0 radical (unpaired) electrons. The number of carbonyl (C=O) groups excluding carboxylic acids is 4. The van der Waals surface area contributed by atoms with E-state index >= 15 is 0 Å². The molecule has 172 valence electrons. The molecule has 1 aliphatic heterocycles. The van der Waals surface area contributed by atoms with Crippen molar-refractivity contribution in [2.75, 3.05) is 11.9 Å². The molecule has 0 aliphatic carbocycles. The minimum atomic E-state index is -1.13. The topological polar surface area (TPSA) is 161 Å². The number of amides is 1. The van der Waals surface area contributed by atoms with Crippen molar-refractivity contribution >= 4 is 52.5 Å². The number of halogens is 1. The molecule has 3 heterocycles. The third kappa shape index (κ3) is 5.11. The summed E-state index contributed by atoms with van der Waals surface area (Å²) in [6.45, 7) is 4.59. The Bertz CT molecular complexity index is 1070. The van der Waals surface area contributed by atoms with Gasteiger partial charge in [0.05, 0.1) is 6.33 Å². The molecule has 1 fully saturated rings. The van der Waals surface area contributed by atoms with Crippen LogP contribution < -0.4 is 5.32 Å². The molecule has 0 saturated carbocycles. The van der Waals surface area contributed by atoms with E-state index < -0.39 is 48.4 Å². The van der Waals surface area contributed by atoms with Gasteiger partial charge in [-0.2, -0.15) is 9.97 Å². The molecule has 1 amide bonds. The number of nitrogens with zero attached hydrogens (tertiary/aromatic N) is 4. The third-order valence-electron chi connectivity index (χ3n) is 4.28. The average molecular weight is 470 g/mol. The Kier molecular flexibility index (Phi) is 6.89. The fourth-order valence-corrected chi connectivity index (χ4v) is 3.41. The first-order valence-corrected chi connectivity index (χ1v) is 9.75. The Labute approximate surface area is 186 Å². The van der Waals surface area contributed by atoms with Crippen LogP contribution in [0.3, 0.4) is 0 Å². The maximum Gasteiger partial charge on any atom is 0.303 e. The quantitative estimate of drug-likeness (QED) is 0.361. The van der Waals surface area contributed by atoms with Gasteiger partial charge in [0.2, 0.25) is 11.9 Å². The summed E-state index contributed by atoms with van der Waals surface area (Å²) in [7, 11) is 0. The number of hydrogen-bond donors (Lipinski definition) is 1. The van der Waals surface area contributed by atoms with Gasteiger partial charge in [-0.15, -0.1) is 0 Å². The smallest absolute Gasteiger partial charge is 0.303 e. The predicted molar refractivity (Wildman–Crippen MR) is 106 cm³/mol. The number of esters is 3. The van der Waals surface area contributed by atoms with E-state index in [1.165, 1.54) is 38.6 Å². The number of rotatable bonds is 6. The minimum absolute atomic E-state index is 0.0347. The van der Waals surface area contributed by atoms with Gasteiger partial charge >= 0.3 is 17.9 Å². The number of aromatic nitrogens is 4. The fraction of sp³-hybridized carbons (Fsp3) is 0.500. The molecule has 0 spiro atoms. The van der Waals surface area contributed by atoms with Gasteiger partial charge in [-0.3, -0.25) is 29.1 Å². The molecule has 1 saturated heterocycles. The first kappa shape index (κ1) is 23.3. The molecule has 2 aromatic rings. The normalized spacial score (nSPS) is 22.4. The van der Waals surface area contributed by atoms with Gasteiger partial charge in [-0.25, -0.2) is 4.98 Å². The van der Waals surface area contributed by atoms with E-state index in [-0.39, 0.29) is 28.9 Å². The number of nitrogens with one attached hydrogen (secondary N) is 1. The summed E-state index contributed by atoms with van der Waals surface area (Å²) in [5, 5.41) is 2.39. The molecule has 4 atom stereocenters. The van der Waals surface area contributed by atoms with E-state index in [0.717, 1.165) is 0 Å². The largest absolute Gasteiger partial charge is 0.463 e. The summed E-state index contributed by atoms with van der Waals surface area (Å²) < 4.78 is 23.1. The van der Waals surface area contributed by atoms with Crippen LogP contribution >= 0.6 is 11.6 Å². The minimum Gasteiger partial charge on any atom is -0.463 e. The summed E-state index contributed by atoms with van der Waals surface area (Å²) in [5.74, 6) is -2.39. The Balaban J connectivity index is 2.06. The summed E-state index contributed by atoms with van der Waals surface area (Å²) in [6.07, 6.45) is -2.94. The highest BCUT2D eigenvalue weighted by atomic mass is 35.5. The van der Waals surface area contributed by atoms with Gasteiger partial charge in [0, 0.05) is 27.7 Å². The molecule has 13 nitrogen and oxygen atoms in total. The Morgan fingerprint density at radius 2 is 1.72 bits per heavy atom. The van der Waals surface area contributed by atoms with Crippen molar-refractivity contribution in [3.8, 4) is 0 Å². The zero-order chi connectivity index (χ0) is 23.6. The lowest BCUT2D eigenvalue weighted by Gasteiger charge is -2.23. The zero-order valence-corrected chi connectivity index (χ0v) is 18.3. The highest BCUT2D eigenvalue weighted by Crippen LogP contribution is 2.36. The van der Waals surface area contributed by atoms with Crippen LogP contribution in [0.4, 0.5) is 5.95 Å². The monoisotopic (exact) mass is 469 g/mol. The van der Waals surface area contributed by atoms with E-state index in [0.29, 0.717) is 0 Å². The second-order valence-corrected chi connectivity index (χ2v) is 7.22. The lowest BCUT2D eigenvalue weighted by Crippen LogP contribution is -2.40. The molecular weight excluding hydrogens is 450 g/mol. The predicted octanol–water partition coefficient (Wildman–Crippen LogP) is 0.762. The van der Waals surface area contributed by atoms with Gasteiger partial charge in [-0.1, -0.05) is 11.6 Å². The van der Waals surface area contributed by atoms with E-state index in [9.17, 15) is 19.2 Å². The van der Waals surface area contributed by atoms with E-state index in [4.69, 9.17) is 30.5 Å². The molecule has 3 rings (SSSR count). The Hall–Kier alpha value is -3.32. The summed E-state index contributed by atoms with van der Waals surface area (Å²) in [6, 6.07) is 0. The molecule has 14 heteroatoms. The number of ether oxygens (including phenoxy) is 4. The summed E-state index contributed by atoms with van der Waals surface area (Å²) in [5.41, 5.74) is 0.351. The van der Waals surface area contributed by atoms with Crippen LogP contribution in [0.25, 0.3) is 11.2 Å². The first-order valence-electron chi connectivity index (χ1n) is 9.37. The highest BCUT2D eigenvalue weighted by Gasteiger charge is 2.51. The van der Waals surface area contributed by atoms with Gasteiger partial charge in [-0.05, 0) is 0 Å². The third-order valence-corrected chi connectivity index (χ3v) is 4.54. The zero-order valence-electron chi connectivity index (χ0n) is 17.5. The van der Waals surface area contributed by atoms with Crippen molar-refractivity contribution in [3.05, 3.63) is 11.5 Å². The molecule has 32 heavy (non-hydrogen) atoms. The molecular formula is C18H20ClN5O8. The molecule has 0 unspecified atom stereocenters. The van der Waals surface area contributed by atoms with E-state index in [1.807, 2.05) is 0 Å². The SMILES string of the molecule is CC(=O)Nc1nc(Cl)c2ncn([C@@H]3O[C@H](COC(C)=O)[C@H](OC(C)=O)[C@H]3OC(C)=O)c2n1. The maximum absolute atomic E-state index is 11.8. The average Bonchev–Trinajstić information content (AvgIpc) is 3.21. The standard InChI is InChI=1S/C18H20ClN5O8/c1-7(25)21-18-22-15(19)12-16(23-18)24(6-20-12)17-14(31-10(4)28)13(30-9(3)27)11(32-17)5-29-8(2)26/h6,11,13-14,17H,5H2,1-4H3,(H,21,22,23,25)/t11-,13+,14-,17-/m1/s1. The number of anilines is 1. The molecule has 0 aromatic carbocycles. The van der Waals surface area contributed by atoms with Gasteiger partial charge < -0.3 is 18.9 Å². The second kappa shape index (κ2) is 9.44. The molecule has 2 aromatic heterocycles. The van der Waals surface area contributed by atoms with Gasteiger partial charge in [0.25, 0.3) is 0 Å². The van der Waals surface area contributed by atoms with Gasteiger partial charge in [0.15, 0.2) is 29.2 Å². The Morgan fingerprint density at radius 3 is 2.31 bits per heavy atom. The number of carbonyl (C=O) groups is 4. The van der Waals surface area contributed by atoms with Crippen molar-refractivity contribution in [2.24, 2.45) is 0 Å². The van der Waals surface area contributed by atoms with Crippen molar-refractivity contribution < 1.29 is 38.1 Å². The van der Waals surface area contributed by atoms with Crippen LogP contribution in [0.5, 0.6) is 0 Å². The van der Waals surface area contributed by atoms with Crippen LogP contribution in [0, 0.1) is 0 Å². The first-order chi connectivity index (χ1) is 15.1. The highest BCUT2D eigenvalue weighted by molar-refractivity contribution is 6.33. The van der Waals surface area contributed by atoms with Gasteiger partial charge in [0.1, 0.15) is 18.2 Å². The summed E-state index contributed by atoms with van der Waals surface area (Å²) in [4.78, 5) is 58.5. The lowest BCUT2D eigenvalue weighted by molar-refractivity contribution is -0.166. The lowest BCUT2D eigenvalue weighted by atomic mass is 10.1. The molecule has 1 aliphatic rings. The van der Waals surface area contributed by atoms with Crippen LogP contribution in [-0.2, 0) is 38.1 Å².